The number of hydrogen-bond donors (Lipinski definition) is 1. The number of pyridine rings is 1. The van der Waals surface area contributed by atoms with E-state index in [9.17, 15) is 0 Å². The van der Waals surface area contributed by atoms with Gasteiger partial charge in [-0.15, -0.1) is 0 Å². The van der Waals surface area contributed by atoms with Gasteiger partial charge in [0.1, 0.15) is 5.82 Å². The van der Waals surface area contributed by atoms with Crippen LogP contribution in [0.5, 0.6) is 0 Å². The standard InChI is InChI=1S/C12H19N3O/c1-9-4-3-5-14-12(9)15-7-10(2)16-11(6-13)8-15/h3-5,10-11H,6-8,13H2,1-2H3. The molecule has 2 rings (SSSR count). The zero-order valence-corrected chi connectivity index (χ0v) is 9.89. The minimum Gasteiger partial charge on any atom is -0.370 e. The Morgan fingerprint density at radius 3 is 3.06 bits per heavy atom. The molecule has 2 heterocycles. The molecule has 4 heteroatoms. The van der Waals surface area contributed by atoms with Crippen LogP contribution in [0, 0.1) is 6.92 Å². The van der Waals surface area contributed by atoms with Gasteiger partial charge >= 0.3 is 0 Å². The van der Waals surface area contributed by atoms with Gasteiger partial charge in [0.05, 0.1) is 12.2 Å². The van der Waals surface area contributed by atoms with Crippen LogP contribution in [0.4, 0.5) is 5.82 Å². The van der Waals surface area contributed by atoms with Crippen LogP contribution in [0.2, 0.25) is 0 Å². The fourth-order valence-electron chi connectivity index (χ4n) is 2.16. The quantitative estimate of drug-likeness (QED) is 0.807. The first kappa shape index (κ1) is 11.4. The summed E-state index contributed by atoms with van der Waals surface area (Å²) in [7, 11) is 0. The summed E-state index contributed by atoms with van der Waals surface area (Å²) in [6, 6.07) is 4.04. The van der Waals surface area contributed by atoms with Crippen LogP contribution < -0.4 is 10.6 Å². The van der Waals surface area contributed by atoms with E-state index >= 15 is 0 Å². The molecule has 1 aromatic heterocycles. The number of ether oxygens (including phenoxy) is 1. The summed E-state index contributed by atoms with van der Waals surface area (Å²) in [6.45, 7) is 6.44. The van der Waals surface area contributed by atoms with Crippen LogP contribution in [-0.4, -0.2) is 36.8 Å². The van der Waals surface area contributed by atoms with E-state index in [1.54, 1.807) is 0 Å². The number of nitrogens with zero attached hydrogens (tertiary/aromatic N) is 2. The first-order valence-corrected chi connectivity index (χ1v) is 5.72. The lowest BCUT2D eigenvalue weighted by atomic mass is 10.2. The summed E-state index contributed by atoms with van der Waals surface area (Å²) in [4.78, 5) is 6.70. The van der Waals surface area contributed by atoms with E-state index in [0.717, 1.165) is 18.9 Å². The molecule has 4 nitrogen and oxygen atoms in total. The molecule has 88 valence electrons. The van der Waals surface area contributed by atoms with Crippen LogP contribution in [0.1, 0.15) is 12.5 Å². The predicted octanol–water partition coefficient (Wildman–Crippen LogP) is 0.942. The summed E-state index contributed by atoms with van der Waals surface area (Å²) >= 11 is 0. The van der Waals surface area contributed by atoms with Gasteiger partial charge in [-0.05, 0) is 25.5 Å². The molecule has 0 spiro atoms. The second-order valence-electron chi connectivity index (χ2n) is 4.35. The number of anilines is 1. The van der Waals surface area contributed by atoms with Crippen molar-refractivity contribution in [2.45, 2.75) is 26.1 Å². The van der Waals surface area contributed by atoms with E-state index in [2.05, 4.69) is 29.8 Å². The Balaban J connectivity index is 2.17. The van der Waals surface area contributed by atoms with Crippen molar-refractivity contribution in [2.75, 3.05) is 24.5 Å². The van der Waals surface area contributed by atoms with Crippen LogP contribution in [0.25, 0.3) is 0 Å². The Labute approximate surface area is 96.4 Å². The highest BCUT2D eigenvalue weighted by molar-refractivity contribution is 5.46. The summed E-state index contributed by atoms with van der Waals surface area (Å²) in [5.74, 6) is 1.05. The third-order valence-corrected chi connectivity index (χ3v) is 2.87. The zero-order valence-electron chi connectivity index (χ0n) is 9.89. The number of aromatic nitrogens is 1. The van der Waals surface area contributed by atoms with Gasteiger partial charge < -0.3 is 15.4 Å². The van der Waals surface area contributed by atoms with Crippen molar-refractivity contribution in [3.8, 4) is 0 Å². The minimum atomic E-state index is 0.116. The molecule has 0 aliphatic carbocycles. The highest BCUT2D eigenvalue weighted by Crippen LogP contribution is 2.20. The topological polar surface area (TPSA) is 51.4 Å². The van der Waals surface area contributed by atoms with Gasteiger partial charge in [-0.2, -0.15) is 0 Å². The van der Waals surface area contributed by atoms with Gasteiger partial charge in [0.15, 0.2) is 0 Å². The summed E-state index contributed by atoms with van der Waals surface area (Å²) in [5.41, 5.74) is 6.87. The predicted molar refractivity (Wildman–Crippen MR) is 64.6 cm³/mol. The van der Waals surface area contributed by atoms with Crippen molar-refractivity contribution in [1.82, 2.24) is 4.98 Å². The molecule has 1 aliphatic rings. The molecule has 1 aliphatic heterocycles. The average Bonchev–Trinajstić information content (AvgIpc) is 2.28. The Morgan fingerprint density at radius 2 is 2.38 bits per heavy atom. The van der Waals surface area contributed by atoms with Crippen molar-refractivity contribution in [1.29, 1.82) is 0 Å². The molecule has 0 radical (unpaired) electrons. The number of morpholine rings is 1. The monoisotopic (exact) mass is 221 g/mol. The van der Waals surface area contributed by atoms with E-state index in [1.807, 2.05) is 12.3 Å². The molecule has 0 bridgehead atoms. The van der Waals surface area contributed by atoms with Gasteiger partial charge in [-0.1, -0.05) is 6.07 Å². The Hall–Kier alpha value is -1.13. The maximum absolute atomic E-state index is 5.73. The number of nitrogens with two attached hydrogens (primary N) is 1. The van der Waals surface area contributed by atoms with E-state index in [-0.39, 0.29) is 12.2 Å². The lowest BCUT2D eigenvalue weighted by molar-refractivity contribution is -0.0107. The maximum Gasteiger partial charge on any atom is 0.131 e. The van der Waals surface area contributed by atoms with E-state index < -0.39 is 0 Å². The summed E-state index contributed by atoms with van der Waals surface area (Å²) in [6.07, 6.45) is 2.16. The molecule has 1 aromatic rings. The van der Waals surface area contributed by atoms with E-state index in [0.29, 0.717) is 6.54 Å². The molecule has 0 aromatic carbocycles. The van der Waals surface area contributed by atoms with Crippen molar-refractivity contribution in [3.05, 3.63) is 23.9 Å². The van der Waals surface area contributed by atoms with E-state index in [4.69, 9.17) is 10.5 Å². The van der Waals surface area contributed by atoms with Crippen molar-refractivity contribution in [3.63, 3.8) is 0 Å². The number of aryl methyl sites for hydroxylation is 1. The van der Waals surface area contributed by atoms with Gasteiger partial charge in [0.25, 0.3) is 0 Å². The Bertz CT molecular complexity index is 356. The molecular weight excluding hydrogens is 202 g/mol. The first-order chi connectivity index (χ1) is 7.70. The van der Waals surface area contributed by atoms with Crippen LogP contribution in [-0.2, 0) is 4.74 Å². The smallest absolute Gasteiger partial charge is 0.131 e. The van der Waals surface area contributed by atoms with Crippen molar-refractivity contribution >= 4 is 5.82 Å². The SMILES string of the molecule is Cc1cccnc1N1CC(C)OC(CN)C1. The average molecular weight is 221 g/mol. The Kier molecular flexibility index (Phi) is 3.41. The maximum atomic E-state index is 5.73. The summed E-state index contributed by atoms with van der Waals surface area (Å²) in [5, 5.41) is 0. The fourth-order valence-corrected chi connectivity index (χ4v) is 2.16. The highest BCUT2D eigenvalue weighted by Gasteiger charge is 2.25. The number of hydrogen-bond acceptors (Lipinski definition) is 4. The molecular formula is C12H19N3O. The fraction of sp³-hybridized carbons (Fsp3) is 0.583. The Morgan fingerprint density at radius 1 is 1.56 bits per heavy atom. The second kappa shape index (κ2) is 4.80. The largest absolute Gasteiger partial charge is 0.370 e. The molecule has 0 saturated carbocycles. The van der Waals surface area contributed by atoms with Gasteiger partial charge in [0, 0.05) is 25.8 Å². The summed E-state index contributed by atoms with van der Waals surface area (Å²) < 4.78 is 5.73. The third kappa shape index (κ3) is 2.33. The van der Waals surface area contributed by atoms with E-state index in [1.165, 1.54) is 5.56 Å². The number of rotatable bonds is 2. The molecule has 2 N–H and O–H groups in total. The van der Waals surface area contributed by atoms with Crippen LogP contribution in [0.15, 0.2) is 18.3 Å². The molecule has 1 saturated heterocycles. The van der Waals surface area contributed by atoms with Crippen LogP contribution >= 0.6 is 0 Å². The second-order valence-corrected chi connectivity index (χ2v) is 4.35. The third-order valence-electron chi connectivity index (χ3n) is 2.87. The molecule has 2 atom stereocenters. The molecule has 0 amide bonds. The van der Waals surface area contributed by atoms with Gasteiger partial charge in [0.2, 0.25) is 0 Å². The van der Waals surface area contributed by atoms with Crippen LogP contribution in [0.3, 0.4) is 0 Å². The van der Waals surface area contributed by atoms with Crippen molar-refractivity contribution in [2.24, 2.45) is 5.73 Å². The lowest BCUT2D eigenvalue weighted by Gasteiger charge is -2.37. The normalized spacial score (nSPS) is 25.8. The van der Waals surface area contributed by atoms with Gasteiger partial charge in [-0.3, -0.25) is 0 Å². The molecule has 1 fully saturated rings. The molecule has 2 unspecified atom stereocenters. The molecule has 16 heavy (non-hydrogen) atoms. The van der Waals surface area contributed by atoms with Crippen molar-refractivity contribution < 1.29 is 4.74 Å². The van der Waals surface area contributed by atoms with Gasteiger partial charge in [-0.25, -0.2) is 4.98 Å². The zero-order chi connectivity index (χ0) is 11.5. The minimum absolute atomic E-state index is 0.116. The first-order valence-electron chi connectivity index (χ1n) is 5.72. The lowest BCUT2D eigenvalue weighted by Crippen LogP contribution is -2.49. The highest BCUT2D eigenvalue weighted by atomic mass is 16.5.